The SMILES string of the molecule is CCN(CCCNC(=NC)NC1CCN(c2ncccc2F)C1)S(C)(=O)=O. The minimum Gasteiger partial charge on any atom is -0.356 e. The molecule has 0 saturated carbocycles. The molecule has 8 nitrogen and oxygen atoms in total. The highest BCUT2D eigenvalue weighted by Gasteiger charge is 2.25. The van der Waals surface area contributed by atoms with Crippen molar-refractivity contribution in [1.29, 1.82) is 0 Å². The van der Waals surface area contributed by atoms with Crippen LogP contribution in [-0.4, -0.2) is 75.7 Å². The van der Waals surface area contributed by atoms with Gasteiger partial charge in [-0.1, -0.05) is 6.92 Å². The molecular weight excluding hydrogens is 371 g/mol. The van der Waals surface area contributed by atoms with Crippen LogP contribution >= 0.6 is 0 Å². The number of rotatable bonds is 8. The molecule has 0 radical (unpaired) electrons. The average Bonchev–Trinajstić information content (AvgIpc) is 3.08. The van der Waals surface area contributed by atoms with Gasteiger partial charge in [0, 0.05) is 52.0 Å². The first-order chi connectivity index (χ1) is 12.8. The third kappa shape index (κ3) is 6.31. The maximum Gasteiger partial charge on any atom is 0.211 e. The Balaban J connectivity index is 1.77. The van der Waals surface area contributed by atoms with Gasteiger partial charge < -0.3 is 15.5 Å². The molecule has 1 aliphatic rings. The monoisotopic (exact) mass is 400 g/mol. The van der Waals surface area contributed by atoms with E-state index in [2.05, 4.69) is 20.6 Å². The maximum atomic E-state index is 13.9. The van der Waals surface area contributed by atoms with E-state index in [-0.39, 0.29) is 11.9 Å². The van der Waals surface area contributed by atoms with Crippen molar-refractivity contribution in [2.24, 2.45) is 4.99 Å². The van der Waals surface area contributed by atoms with Crippen molar-refractivity contribution < 1.29 is 12.8 Å². The summed E-state index contributed by atoms with van der Waals surface area (Å²) in [5.74, 6) is 0.725. The number of hydrogen-bond acceptors (Lipinski definition) is 5. The molecule has 1 unspecified atom stereocenters. The number of anilines is 1. The number of hydrogen-bond donors (Lipinski definition) is 2. The zero-order valence-electron chi connectivity index (χ0n) is 16.2. The molecule has 1 saturated heterocycles. The van der Waals surface area contributed by atoms with E-state index in [9.17, 15) is 12.8 Å². The van der Waals surface area contributed by atoms with Crippen LogP contribution in [0.5, 0.6) is 0 Å². The van der Waals surface area contributed by atoms with E-state index >= 15 is 0 Å². The topological polar surface area (TPSA) is 89.9 Å². The first kappa shape index (κ1) is 21.4. The van der Waals surface area contributed by atoms with Crippen molar-refractivity contribution in [3.05, 3.63) is 24.1 Å². The fourth-order valence-corrected chi connectivity index (χ4v) is 4.02. The Morgan fingerprint density at radius 2 is 2.30 bits per heavy atom. The fraction of sp³-hybridized carbons (Fsp3) is 0.647. The smallest absolute Gasteiger partial charge is 0.211 e. The summed E-state index contributed by atoms with van der Waals surface area (Å²) in [6.45, 7) is 4.74. The van der Waals surface area contributed by atoms with Crippen molar-refractivity contribution in [2.45, 2.75) is 25.8 Å². The number of aliphatic imine (C=N–C) groups is 1. The summed E-state index contributed by atoms with van der Waals surface area (Å²) in [5, 5.41) is 6.53. The molecule has 27 heavy (non-hydrogen) atoms. The van der Waals surface area contributed by atoms with Gasteiger partial charge in [-0.2, -0.15) is 0 Å². The fourth-order valence-electron chi connectivity index (χ4n) is 3.09. The third-order valence-electron chi connectivity index (χ3n) is 4.49. The lowest BCUT2D eigenvalue weighted by Crippen LogP contribution is -2.45. The van der Waals surface area contributed by atoms with Crippen molar-refractivity contribution in [1.82, 2.24) is 19.9 Å². The zero-order chi connectivity index (χ0) is 19.9. The summed E-state index contributed by atoms with van der Waals surface area (Å²) in [4.78, 5) is 10.3. The number of nitrogens with one attached hydrogen (secondary N) is 2. The van der Waals surface area contributed by atoms with Crippen molar-refractivity contribution >= 4 is 21.8 Å². The average molecular weight is 401 g/mol. The molecule has 1 fully saturated rings. The van der Waals surface area contributed by atoms with Crippen LogP contribution in [-0.2, 0) is 10.0 Å². The highest BCUT2D eigenvalue weighted by molar-refractivity contribution is 7.88. The quantitative estimate of drug-likeness (QED) is 0.378. The molecule has 0 bridgehead atoms. The van der Waals surface area contributed by atoms with Gasteiger partial charge in [-0.15, -0.1) is 0 Å². The lowest BCUT2D eigenvalue weighted by Gasteiger charge is -2.21. The second-order valence-electron chi connectivity index (χ2n) is 6.49. The van der Waals surface area contributed by atoms with E-state index in [1.165, 1.54) is 16.6 Å². The number of guanidine groups is 1. The Hall–Kier alpha value is -1.94. The molecule has 1 aromatic heterocycles. The van der Waals surface area contributed by atoms with Crippen LogP contribution < -0.4 is 15.5 Å². The van der Waals surface area contributed by atoms with Crippen LogP contribution in [0, 0.1) is 5.82 Å². The Bertz CT molecular complexity index is 743. The Kier molecular flexibility index (Phi) is 7.78. The van der Waals surface area contributed by atoms with Crippen LogP contribution in [0.25, 0.3) is 0 Å². The highest BCUT2D eigenvalue weighted by atomic mass is 32.2. The van der Waals surface area contributed by atoms with Crippen LogP contribution in [0.4, 0.5) is 10.2 Å². The Morgan fingerprint density at radius 3 is 2.93 bits per heavy atom. The van der Waals surface area contributed by atoms with Crippen LogP contribution in [0.15, 0.2) is 23.3 Å². The van der Waals surface area contributed by atoms with E-state index in [0.717, 1.165) is 13.0 Å². The number of sulfonamides is 1. The highest BCUT2D eigenvalue weighted by Crippen LogP contribution is 2.20. The zero-order valence-corrected chi connectivity index (χ0v) is 17.0. The summed E-state index contributed by atoms with van der Waals surface area (Å²) in [6, 6.07) is 3.14. The number of pyridine rings is 1. The largest absolute Gasteiger partial charge is 0.356 e. The van der Waals surface area contributed by atoms with Gasteiger partial charge in [0.25, 0.3) is 0 Å². The molecule has 0 amide bonds. The van der Waals surface area contributed by atoms with Gasteiger partial charge in [0.2, 0.25) is 10.0 Å². The molecule has 0 spiro atoms. The van der Waals surface area contributed by atoms with Gasteiger partial charge in [-0.3, -0.25) is 4.99 Å². The van der Waals surface area contributed by atoms with Gasteiger partial charge in [-0.25, -0.2) is 22.1 Å². The first-order valence-electron chi connectivity index (χ1n) is 9.13. The molecule has 2 heterocycles. The minimum absolute atomic E-state index is 0.140. The van der Waals surface area contributed by atoms with E-state index < -0.39 is 10.0 Å². The number of halogens is 1. The standard InChI is InChI=1S/C17H29FN6O2S/c1-4-24(27(3,25)26)11-6-10-21-17(19-2)22-14-8-12-23(13-14)16-15(18)7-5-9-20-16/h5,7,9,14H,4,6,8,10-13H2,1-3H3,(H2,19,21,22). The summed E-state index contributed by atoms with van der Waals surface area (Å²) in [7, 11) is -1.47. The lowest BCUT2D eigenvalue weighted by molar-refractivity contribution is 0.424. The van der Waals surface area contributed by atoms with Crippen LogP contribution in [0.2, 0.25) is 0 Å². The molecule has 0 aliphatic carbocycles. The third-order valence-corrected chi connectivity index (χ3v) is 5.87. The molecule has 10 heteroatoms. The van der Waals surface area contributed by atoms with E-state index in [1.807, 2.05) is 11.8 Å². The van der Waals surface area contributed by atoms with E-state index in [1.54, 1.807) is 19.3 Å². The molecule has 2 rings (SSSR count). The summed E-state index contributed by atoms with van der Waals surface area (Å²) in [5.41, 5.74) is 0. The molecule has 0 aromatic carbocycles. The van der Waals surface area contributed by atoms with Gasteiger partial charge in [0.15, 0.2) is 17.6 Å². The van der Waals surface area contributed by atoms with Crippen LogP contribution in [0.3, 0.4) is 0 Å². The van der Waals surface area contributed by atoms with Crippen molar-refractivity contribution in [2.75, 3.05) is 50.9 Å². The molecule has 1 aromatic rings. The second-order valence-corrected chi connectivity index (χ2v) is 8.47. The molecular formula is C17H29FN6O2S. The summed E-state index contributed by atoms with van der Waals surface area (Å²) < 4.78 is 38.5. The molecule has 152 valence electrons. The molecule has 1 aliphatic heterocycles. The van der Waals surface area contributed by atoms with Gasteiger partial charge >= 0.3 is 0 Å². The van der Waals surface area contributed by atoms with Gasteiger partial charge in [-0.05, 0) is 25.0 Å². The number of nitrogens with zero attached hydrogens (tertiary/aromatic N) is 4. The maximum absolute atomic E-state index is 13.9. The van der Waals surface area contributed by atoms with Gasteiger partial charge in [0.1, 0.15) is 0 Å². The van der Waals surface area contributed by atoms with E-state index in [0.29, 0.717) is 44.4 Å². The Labute approximate surface area is 160 Å². The van der Waals surface area contributed by atoms with Gasteiger partial charge in [0.05, 0.1) is 6.26 Å². The predicted octanol–water partition coefficient (Wildman–Crippen LogP) is 0.636. The first-order valence-corrected chi connectivity index (χ1v) is 11.0. The molecule has 2 N–H and O–H groups in total. The number of aromatic nitrogens is 1. The minimum atomic E-state index is -3.16. The summed E-state index contributed by atoms with van der Waals surface area (Å²) >= 11 is 0. The normalized spacial score (nSPS) is 18.2. The van der Waals surface area contributed by atoms with Crippen LogP contribution in [0.1, 0.15) is 19.8 Å². The van der Waals surface area contributed by atoms with Crippen molar-refractivity contribution in [3.63, 3.8) is 0 Å². The lowest BCUT2D eigenvalue weighted by atomic mass is 10.3. The van der Waals surface area contributed by atoms with Crippen molar-refractivity contribution in [3.8, 4) is 0 Å². The molecule has 1 atom stereocenters. The second kappa shape index (κ2) is 9.84. The van der Waals surface area contributed by atoms with E-state index in [4.69, 9.17) is 0 Å². The summed E-state index contributed by atoms with van der Waals surface area (Å²) in [6.07, 6.45) is 4.35. The predicted molar refractivity (Wildman–Crippen MR) is 106 cm³/mol. The Morgan fingerprint density at radius 1 is 1.52 bits per heavy atom.